The number of aryl methyl sites for hydroxylation is 3. The number of likely N-dealkylation sites (tertiary alicyclic amines) is 2. The van der Waals surface area contributed by atoms with Gasteiger partial charge in [-0.15, -0.1) is 0 Å². The molecule has 3 heterocycles. The van der Waals surface area contributed by atoms with E-state index in [2.05, 4.69) is 34.9 Å². The Morgan fingerprint density at radius 1 is 1.23 bits per heavy atom. The summed E-state index contributed by atoms with van der Waals surface area (Å²) in [5.41, 5.74) is 2.16. The number of carbonyl (C=O) groups is 1. The van der Waals surface area contributed by atoms with Gasteiger partial charge in [-0.25, -0.2) is 0 Å². The maximum atomic E-state index is 12.7. The molecule has 2 fully saturated rings. The van der Waals surface area contributed by atoms with Gasteiger partial charge in [0.2, 0.25) is 5.91 Å². The lowest BCUT2D eigenvalue weighted by atomic mass is 10.0. The van der Waals surface area contributed by atoms with Crippen molar-refractivity contribution in [2.24, 2.45) is 0 Å². The Labute approximate surface area is 133 Å². The highest BCUT2D eigenvalue weighted by Gasteiger charge is 2.38. The Hall–Kier alpha value is -1.36. The fourth-order valence-electron chi connectivity index (χ4n) is 4.17. The third kappa shape index (κ3) is 3.05. The molecule has 1 aromatic heterocycles. The van der Waals surface area contributed by atoms with E-state index in [9.17, 15) is 4.79 Å². The second-order valence-corrected chi connectivity index (χ2v) is 6.89. The van der Waals surface area contributed by atoms with Crippen molar-refractivity contribution in [3.63, 3.8) is 0 Å². The molecule has 0 N–H and O–H groups in total. The van der Waals surface area contributed by atoms with E-state index in [0.717, 1.165) is 24.4 Å². The monoisotopic (exact) mass is 304 g/mol. The molecular formula is C17H28N4O. The number of hydrogen-bond acceptors (Lipinski definition) is 3. The maximum Gasteiger partial charge on any atom is 0.224 e. The first-order valence-corrected chi connectivity index (χ1v) is 8.57. The van der Waals surface area contributed by atoms with Gasteiger partial charge in [0.15, 0.2) is 0 Å². The zero-order valence-electron chi connectivity index (χ0n) is 14.1. The predicted octanol–water partition coefficient (Wildman–Crippen LogP) is 1.98. The highest BCUT2D eigenvalue weighted by Crippen LogP contribution is 2.29. The van der Waals surface area contributed by atoms with Crippen LogP contribution < -0.4 is 0 Å². The van der Waals surface area contributed by atoms with Gasteiger partial charge in [0.25, 0.3) is 0 Å². The fourth-order valence-corrected chi connectivity index (χ4v) is 4.17. The molecule has 22 heavy (non-hydrogen) atoms. The van der Waals surface area contributed by atoms with Crippen molar-refractivity contribution in [1.29, 1.82) is 0 Å². The Morgan fingerprint density at radius 3 is 2.59 bits per heavy atom. The van der Waals surface area contributed by atoms with Crippen LogP contribution >= 0.6 is 0 Å². The van der Waals surface area contributed by atoms with Crippen molar-refractivity contribution in [3.8, 4) is 0 Å². The summed E-state index contributed by atoms with van der Waals surface area (Å²) in [5.74, 6) is 0.301. The summed E-state index contributed by atoms with van der Waals surface area (Å²) in [4.78, 5) is 17.3. The first-order valence-electron chi connectivity index (χ1n) is 8.57. The average molecular weight is 304 g/mol. The van der Waals surface area contributed by atoms with Gasteiger partial charge < -0.3 is 9.80 Å². The van der Waals surface area contributed by atoms with Gasteiger partial charge in [-0.1, -0.05) is 0 Å². The van der Waals surface area contributed by atoms with Gasteiger partial charge in [0, 0.05) is 37.3 Å². The van der Waals surface area contributed by atoms with E-state index >= 15 is 0 Å². The van der Waals surface area contributed by atoms with Crippen LogP contribution in [0.15, 0.2) is 6.07 Å². The van der Waals surface area contributed by atoms with Crippen LogP contribution in [-0.4, -0.2) is 57.7 Å². The van der Waals surface area contributed by atoms with Crippen molar-refractivity contribution in [2.75, 3.05) is 20.1 Å². The molecule has 0 bridgehead atoms. The molecule has 0 radical (unpaired) electrons. The van der Waals surface area contributed by atoms with Crippen LogP contribution in [0.3, 0.4) is 0 Å². The Bertz CT molecular complexity index is 539. The Kier molecular flexibility index (Phi) is 4.52. The predicted molar refractivity (Wildman–Crippen MR) is 86.7 cm³/mol. The van der Waals surface area contributed by atoms with Gasteiger partial charge in [0.1, 0.15) is 0 Å². The summed E-state index contributed by atoms with van der Waals surface area (Å²) in [6, 6.07) is 3.07. The molecule has 2 aliphatic rings. The zero-order valence-corrected chi connectivity index (χ0v) is 14.1. The van der Waals surface area contributed by atoms with E-state index in [-0.39, 0.29) is 0 Å². The van der Waals surface area contributed by atoms with Crippen LogP contribution in [0.1, 0.15) is 43.5 Å². The van der Waals surface area contributed by atoms with E-state index in [1.54, 1.807) is 0 Å². The SMILES string of the molecule is Cc1cc(C)n(CCC(=O)N2CCCC2C2CCCN2C)n1. The molecule has 0 saturated carbocycles. The Morgan fingerprint density at radius 2 is 1.95 bits per heavy atom. The summed E-state index contributed by atoms with van der Waals surface area (Å²) < 4.78 is 1.96. The van der Waals surface area contributed by atoms with Gasteiger partial charge in [-0.3, -0.25) is 9.48 Å². The lowest BCUT2D eigenvalue weighted by molar-refractivity contribution is -0.133. The number of amides is 1. The molecule has 0 aromatic carbocycles. The normalized spacial score (nSPS) is 26.0. The topological polar surface area (TPSA) is 41.4 Å². The molecule has 0 aliphatic carbocycles. The van der Waals surface area contributed by atoms with Crippen molar-refractivity contribution >= 4 is 5.91 Å². The van der Waals surface area contributed by atoms with Crippen molar-refractivity contribution in [1.82, 2.24) is 19.6 Å². The smallest absolute Gasteiger partial charge is 0.224 e. The second-order valence-electron chi connectivity index (χ2n) is 6.89. The van der Waals surface area contributed by atoms with E-state index in [4.69, 9.17) is 0 Å². The summed E-state index contributed by atoms with van der Waals surface area (Å²) >= 11 is 0. The molecule has 5 nitrogen and oxygen atoms in total. The van der Waals surface area contributed by atoms with Gasteiger partial charge >= 0.3 is 0 Å². The number of rotatable bonds is 4. The lowest BCUT2D eigenvalue weighted by Crippen LogP contribution is -2.47. The summed E-state index contributed by atoms with van der Waals surface area (Å²) in [5, 5.41) is 4.46. The minimum Gasteiger partial charge on any atom is -0.338 e. The van der Waals surface area contributed by atoms with E-state index < -0.39 is 0 Å². The summed E-state index contributed by atoms with van der Waals surface area (Å²) in [6.07, 6.45) is 5.39. The van der Waals surface area contributed by atoms with Crippen LogP contribution in [0.5, 0.6) is 0 Å². The second kappa shape index (κ2) is 6.41. The largest absolute Gasteiger partial charge is 0.338 e. The lowest BCUT2D eigenvalue weighted by Gasteiger charge is -2.33. The van der Waals surface area contributed by atoms with Crippen LogP contribution in [0.2, 0.25) is 0 Å². The molecule has 2 atom stereocenters. The number of hydrogen-bond donors (Lipinski definition) is 0. The summed E-state index contributed by atoms with van der Waals surface area (Å²) in [7, 11) is 2.20. The molecule has 1 aromatic rings. The Balaban J connectivity index is 1.60. The molecule has 1 amide bonds. The molecule has 2 aliphatic heterocycles. The van der Waals surface area contributed by atoms with Gasteiger partial charge in [-0.2, -0.15) is 5.10 Å². The third-order valence-electron chi connectivity index (χ3n) is 5.28. The number of carbonyl (C=O) groups excluding carboxylic acids is 1. The first kappa shape index (κ1) is 15.5. The van der Waals surface area contributed by atoms with Gasteiger partial charge in [0.05, 0.1) is 5.69 Å². The first-order chi connectivity index (χ1) is 10.6. The molecule has 5 heteroatoms. The van der Waals surface area contributed by atoms with Crippen LogP contribution in [0, 0.1) is 13.8 Å². The van der Waals surface area contributed by atoms with Gasteiger partial charge in [-0.05, 0) is 59.2 Å². The molecule has 3 rings (SSSR count). The molecule has 2 unspecified atom stereocenters. The number of likely N-dealkylation sites (N-methyl/N-ethyl adjacent to an activating group) is 1. The van der Waals surface area contributed by atoms with Crippen molar-refractivity contribution in [2.45, 2.75) is 64.6 Å². The fraction of sp³-hybridized carbons (Fsp3) is 0.765. The third-order valence-corrected chi connectivity index (χ3v) is 5.28. The summed E-state index contributed by atoms with van der Waals surface area (Å²) in [6.45, 7) is 6.86. The minimum absolute atomic E-state index is 0.301. The quantitative estimate of drug-likeness (QED) is 0.854. The number of aromatic nitrogens is 2. The molecule has 2 saturated heterocycles. The van der Waals surface area contributed by atoms with E-state index in [0.29, 0.717) is 31.0 Å². The van der Waals surface area contributed by atoms with E-state index in [1.807, 2.05) is 11.6 Å². The molecule has 0 spiro atoms. The maximum absolute atomic E-state index is 12.7. The minimum atomic E-state index is 0.301. The molecule has 122 valence electrons. The van der Waals surface area contributed by atoms with E-state index in [1.165, 1.54) is 25.8 Å². The van der Waals surface area contributed by atoms with Crippen LogP contribution in [0.25, 0.3) is 0 Å². The van der Waals surface area contributed by atoms with Crippen LogP contribution in [0.4, 0.5) is 0 Å². The van der Waals surface area contributed by atoms with Crippen molar-refractivity contribution < 1.29 is 4.79 Å². The standard InChI is InChI=1S/C17H28N4O/c1-13-12-14(2)21(18-13)11-8-17(22)20-10-5-7-16(20)15-6-4-9-19(15)3/h12,15-16H,4-11H2,1-3H3. The van der Waals surface area contributed by atoms with Crippen molar-refractivity contribution in [3.05, 3.63) is 17.5 Å². The number of nitrogens with zero attached hydrogens (tertiary/aromatic N) is 4. The zero-order chi connectivity index (χ0) is 15.7. The highest BCUT2D eigenvalue weighted by molar-refractivity contribution is 5.76. The highest BCUT2D eigenvalue weighted by atomic mass is 16.2. The molecular weight excluding hydrogens is 276 g/mol. The van der Waals surface area contributed by atoms with Crippen LogP contribution in [-0.2, 0) is 11.3 Å². The average Bonchev–Trinajstić information content (AvgIpc) is 3.16.